The van der Waals surface area contributed by atoms with Crippen LogP contribution in [-0.4, -0.2) is 44.3 Å². The molecule has 0 bridgehead atoms. The van der Waals surface area contributed by atoms with Gasteiger partial charge in [-0.1, -0.05) is 6.08 Å². The summed E-state index contributed by atoms with van der Waals surface area (Å²) in [4.78, 5) is 36.8. The average molecular weight is 577 g/mol. The second-order valence-electron chi connectivity index (χ2n) is 8.85. The standard InChI is InChI=1S/C31H33FN4O6/c1-4-6-22-17-21(19-33-36-29(38)16-15-28(37)34-25-11-13-26(40-3)14-12-25)18-27(41-5-2)31(22)42-20-30(39)35-24-9-7-23(32)8-10-24/h4,7-14,17-19H,1,5-6,15-16,20H2,2-3H3,(H,34,37)(H,35,39)(H,36,38). The van der Waals surface area contributed by atoms with Crippen LogP contribution in [0.1, 0.15) is 30.9 Å². The van der Waals surface area contributed by atoms with Crippen molar-refractivity contribution >= 4 is 35.3 Å². The number of carbonyl (C=O) groups is 3. The quantitative estimate of drug-likeness (QED) is 0.135. The molecule has 0 saturated heterocycles. The predicted octanol–water partition coefficient (Wildman–Crippen LogP) is 4.85. The number of nitrogens with zero attached hydrogens (tertiary/aromatic N) is 1. The van der Waals surface area contributed by atoms with Crippen LogP contribution in [0.15, 0.2) is 78.4 Å². The lowest BCUT2D eigenvalue weighted by atomic mass is 10.1. The first-order chi connectivity index (χ1) is 20.3. The fourth-order valence-electron chi connectivity index (χ4n) is 3.72. The fraction of sp³-hybridized carbons (Fsp3) is 0.226. The van der Waals surface area contributed by atoms with Gasteiger partial charge in [0.1, 0.15) is 11.6 Å². The summed E-state index contributed by atoms with van der Waals surface area (Å²) in [7, 11) is 1.55. The first-order valence-corrected chi connectivity index (χ1v) is 13.2. The summed E-state index contributed by atoms with van der Waals surface area (Å²) >= 11 is 0. The van der Waals surface area contributed by atoms with Crippen LogP contribution in [0.2, 0.25) is 0 Å². The van der Waals surface area contributed by atoms with Crippen molar-refractivity contribution in [3.8, 4) is 17.2 Å². The van der Waals surface area contributed by atoms with Gasteiger partial charge in [-0.3, -0.25) is 14.4 Å². The van der Waals surface area contributed by atoms with Crippen molar-refractivity contribution in [2.45, 2.75) is 26.2 Å². The molecule has 10 nitrogen and oxygen atoms in total. The number of amides is 3. The molecule has 3 rings (SSSR count). The minimum absolute atomic E-state index is 0.0217. The third-order valence-corrected chi connectivity index (χ3v) is 5.65. The van der Waals surface area contributed by atoms with E-state index in [0.29, 0.717) is 52.8 Å². The largest absolute Gasteiger partial charge is 0.497 e. The molecule has 0 aromatic heterocycles. The summed E-state index contributed by atoms with van der Waals surface area (Å²) in [6.07, 6.45) is 3.45. The minimum atomic E-state index is -0.431. The monoisotopic (exact) mass is 576 g/mol. The van der Waals surface area contributed by atoms with Gasteiger partial charge >= 0.3 is 0 Å². The molecule has 11 heteroatoms. The number of anilines is 2. The SMILES string of the molecule is C=CCc1cc(C=NNC(=O)CCC(=O)Nc2ccc(OC)cc2)cc(OCC)c1OCC(=O)Nc1ccc(F)cc1. The fourth-order valence-corrected chi connectivity index (χ4v) is 3.72. The number of carbonyl (C=O) groups excluding carboxylic acids is 3. The third-order valence-electron chi connectivity index (χ3n) is 5.65. The molecule has 0 heterocycles. The van der Waals surface area contributed by atoms with Crippen LogP contribution >= 0.6 is 0 Å². The topological polar surface area (TPSA) is 127 Å². The Morgan fingerprint density at radius 2 is 1.55 bits per heavy atom. The summed E-state index contributed by atoms with van der Waals surface area (Å²) < 4.78 is 29.8. The van der Waals surface area contributed by atoms with Crippen LogP contribution in [-0.2, 0) is 20.8 Å². The zero-order chi connectivity index (χ0) is 30.3. The first-order valence-electron chi connectivity index (χ1n) is 13.2. The van der Waals surface area contributed by atoms with Gasteiger partial charge in [-0.15, -0.1) is 6.58 Å². The summed E-state index contributed by atoms with van der Waals surface area (Å²) in [5.41, 5.74) is 4.75. The van der Waals surface area contributed by atoms with E-state index in [1.54, 1.807) is 49.6 Å². The molecule has 3 aromatic carbocycles. The lowest BCUT2D eigenvalue weighted by Crippen LogP contribution is -2.21. The van der Waals surface area contributed by atoms with Gasteiger partial charge in [-0.2, -0.15) is 5.10 Å². The molecule has 0 aliphatic heterocycles. The lowest BCUT2D eigenvalue weighted by molar-refractivity contribution is -0.124. The highest BCUT2D eigenvalue weighted by atomic mass is 19.1. The third kappa shape index (κ3) is 10.1. The number of hydrogen-bond acceptors (Lipinski definition) is 7. The Morgan fingerprint density at radius 3 is 2.19 bits per heavy atom. The lowest BCUT2D eigenvalue weighted by Gasteiger charge is -2.16. The molecule has 3 amide bonds. The van der Waals surface area contributed by atoms with Crippen molar-refractivity contribution in [2.24, 2.45) is 5.10 Å². The van der Waals surface area contributed by atoms with Crippen LogP contribution in [0, 0.1) is 5.82 Å². The molecule has 0 spiro atoms. The number of allylic oxidation sites excluding steroid dienone is 1. The van der Waals surface area contributed by atoms with E-state index in [4.69, 9.17) is 14.2 Å². The number of hydrazone groups is 1. The molecule has 3 aromatic rings. The molecule has 220 valence electrons. The molecule has 0 aliphatic rings. The zero-order valence-electron chi connectivity index (χ0n) is 23.4. The van der Waals surface area contributed by atoms with E-state index in [-0.39, 0.29) is 25.4 Å². The Kier molecular flexibility index (Phi) is 12.1. The second-order valence-corrected chi connectivity index (χ2v) is 8.85. The van der Waals surface area contributed by atoms with Gasteiger partial charge < -0.3 is 24.8 Å². The van der Waals surface area contributed by atoms with Gasteiger partial charge in [0.2, 0.25) is 11.8 Å². The van der Waals surface area contributed by atoms with Gasteiger partial charge in [-0.25, -0.2) is 9.82 Å². The summed E-state index contributed by atoms with van der Waals surface area (Å²) in [6.45, 7) is 5.62. The Balaban J connectivity index is 1.58. The second kappa shape index (κ2) is 16.2. The van der Waals surface area contributed by atoms with E-state index < -0.39 is 17.6 Å². The van der Waals surface area contributed by atoms with Crippen LogP contribution in [0.5, 0.6) is 17.2 Å². The highest BCUT2D eigenvalue weighted by Crippen LogP contribution is 2.33. The van der Waals surface area contributed by atoms with Gasteiger partial charge in [-0.05, 0) is 79.6 Å². The Hall–Kier alpha value is -5.19. The van der Waals surface area contributed by atoms with E-state index in [1.807, 2.05) is 6.92 Å². The summed E-state index contributed by atoms with van der Waals surface area (Å²) in [5, 5.41) is 9.36. The molecule has 0 unspecified atom stereocenters. The zero-order valence-corrected chi connectivity index (χ0v) is 23.4. The maximum absolute atomic E-state index is 13.1. The van der Waals surface area contributed by atoms with E-state index in [1.165, 1.54) is 30.5 Å². The molecule has 42 heavy (non-hydrogen) atoms. The van der Waals surface area contributed by atoms with E-state index in [0.717, 1.165) is 0 Å². The Morgan fingerprint density at radius 1 is 0.905 bits per heavy atom. The van der Waals surface area contributed by atoms with Crippen molar-refractivity contribution < 1.29 is 33.0 Å². The molecule has 3 N–H and O–H groups in total. The predicted molar refractivity (Wildman–Crippen MR) is 159 cm³/mol. The highest BCUT2D eigenvalue weighted by Gasteiger charge is 2.15. The average Bonchev–Trinajstić information content (AvgIpc) is 2.97. The molecule has 0 atom stereocenters. The Labute approximate surface area is 243 Å². The Bertz CT molecular complexity index is 1410. The number of hydrogen-bond donors (Lipinski definition) is 3. The molecular formula is C31H33FN4O6. The summed E-state index contributed by atoms with van der Waals surface area (Å²) in [6, 6.07) is 15.7. The number of benzene rings is 3. The molecule has 0 radical (unpaired) electrons. The maximum Gasteiger partial charge on any atom is 0.262 e. The molecule has 0 saturated carbocycles. The van der Waals surface area contributed by atoms with Crippen LogP contribution in [0.25, 0.3) is 0 Å². The molecule has 0 aliphatic carbocycles. The number of rotatable bonds is 15. The van der Waals surface area contributed by atoms with E-state index in [2.05, 4.69) is 27.7 Å². The van der Waals surface area contributed by atoms with Gasteiger partial charge in [0.25, 0.3) is 5.91 Å². The van der Waals surface area contributed by atoms with Crippen molar-refractivity contribution in [1.29, 1.82) is 0 Å². The van der Waals surface area contributed by atoms with Crippen molar-refractivity contribution in [3.05, 3.63) is 90.3 Å². The first kappa shape index (κ1) is 31.3. The maximum atomic E-state index is 13.1. The highest BCUT2D eigenvalue weighted by molar-refractivity contribution is 5.93. The number of methoxy groups -OCH3 is 1. The van der Waals surface area contributed by atoms with Gasteiger partial charge in [0, 0.05) is 29.8 Å². The molecule has 0 fully saturated rings. The minimum Gasteiger partial charge on any atom is -0.497 e. The van der Waals surface area contributed by atoms with Crippen LogP contribution < -0.4 is 30.3 Å². The van der Waals surface area contributed by atoms with E-state index >= 15 is 0 Å². The summed E-state index contributed by atoms with van der Waals surface area (Å²) in [5.74, 6) is -0.153. The van der Waals surface area contributed by atoms with Crippen LogP contribution in [0.3, 0.4) is 0 Å². The number of halogens is 1. The van der Waals surface area contributed by atoms with Crippen molar-refractivity contribution in [3.63, 3.8) is 0 Å². The van der Waals surface area contributed by atoms with Gasteiger partial charge in [0.15, 0.2) is 18.1 Å². The van der Waals surface area contributed by atoms with E-state index in [9.17, 15) is 18.8 Å². The smallest absolute Gasteiger partial charge is 0.262 e. The van der Waals surface area contributed by atoms with Crippen LogP contribution in [0.4, 0.5) is 15.8 Å². The normalized spacial score (nSPS) is 10.5. The molecular weight excluding hydrogens is 543 g/mol. The number of nitrogens with one attached hydrogen (secondary N) is 3. The van der Waals surface area contributed by atoms with Gasteiger partial charge in [0.05, 0.1) is 19.9 Å². The number of ether oxygens (including phenoxy) is 3. The van der Waals surface area contributed by atoms with Crippen molar-refractivity contribution in [1.82, 2.24) is 5.43 Å². The van der Waals surface area contributed by atoms with Crippen molar-refractivity contribution in [2.75, 3.05) is 31.0 Å².